The molecule has 5 heteroatoms. The highest BCUT2D eigenvalue weighted by Gasteiger charge is 2.23. The Kier molecular flexibility index (Phi) is 3.72. The smallest absolute Gasteiger partial charge is 0.181 e. The fourth-order valence-electron chi connectivity index (χ4n) is 3.21. The average Bonchev–Trinajstić information content (AvgIpc) is 2.92. The van der Waals surface area contributed by atoms with Crippen molar-refractivity contribution >= 4 is 23.9 Å². The Morgan fingerprint density at radius 1 is 1.14 bits per heavy atom. The minimum Gasteiger partial charge on any atom is -0.385 e. The number of fused-ring (bicyclic) bond motifs is 2. The number of carbonyl (C=O) groups excluding carboxylic acids is 1. The number of anilines is 1. The molecule has 2 aliphatic rings. The first-order chi connectivity index (χ1) is 9.83. The van der Waals surface area contributed by atoms with E-state index in [-0.39, 0.29) is 18.2 Å². The van der Waals surface area contributed by atoms with E-state index in [0.29, 0.717) is 6.42 Å². The molecule has 0 spiro atoms. The maximum Gasteiger partial charge on any atom is 0.181 e. The lowest BCUT2D eigenvalue weighted by molar-refractivity contribution is 0.0965. The maximum atomic E-state index is 12.2. The minimum atomic E-state index is 0. The number of rotatable bonds is 1. The molecule has 0 unspecified atom stereocenters. The summed E-state index contributed by atoms with van der Waals surface area (Å²) in [6.07, 6.45) is 6.55. The minimum absolute atomic E-state index is 0. The summed E-state index contributed by atoms with van der Waals surface area (Å²) in [6.45, 7) is 1.05. The third-order valence-electron chi connectivity index (χ3n) is 4.23. The summed E-state index contributed by atoms with van der Waals surface area (Å²) < 4.78 is 1.96. The van der Waals surface area contributed by atoms with Gasteiger partial charge >= 0.3 is 0 Å². The van der Waals surface area contributed by atoms with Crippen molar-refractivity contribution in [1.29, 1.82) is 0 Å². The molecule has 1 aromatic carbocycles. The highest BCUT2D eigenvalue weighted by molar-refractivity contribution is 5.97. The zero-order valence-electron chi connectivity index (χ0n) is 11.8. The second-order valence-corrected chi connectivity index (χ2v) is 5.56. The Labute approximate surface area is 130 Å². The number of benzene rings is 1. The highest BCUT2D eigenvalue weighted by atomic mass is 35.5. The number of ketones is 1. The fourth-order valence-corrected chi connectivity index (χ4v) is 3.21. The third kappa shape index (κ3) is 2.33. The number of aryl methyl sites for hydroxylation is 2. The molecule has 2 aromatic rings. The fraction of sp³-hybridized carbons (Fsp3) is 0.375. The van der Waals surface area contributed by atoms with E-state index in [1.54, 1.807) is 6.33 Å². The van der Waals surface area contributed by atoms with Crippen LogP contribution in [0.25, 0.3) is 5.69 Å². The van der Waals surface area contributed by atoms with Gasteiger partial charge in [0.15, 0.2) is 5.78 Å². The van der Waals surface area contributed by atoms with E-state index in [2.05, 4.69) is 28.5 Å². The van der Waals surface area contributed by atoms with Crippen molar-refractivity contribution in [2.75, 3.05) is 11.9 Å². The molecule has 0 atom stereocenters. The Morgan fingerprint density at radius 2 is 2.05 bits per heavy atom. The lowest BCUT2D eigenvalue weighted by atomic mass is 9.99. The summed E-state index contributed by atoms with van der Waals surface area (Å²) in [5, 5.41) is 3.41. The van der Waals surface area contributed by atoms with Gasteiger partial charge in [-0.25, -0.2) is 4.98 Å². The number of halogens is 1. The van der Waals surface area contributed by atoms with Gasteiger partial charge in [0.25, 0.3) is 0 Å². The van der Waals surface area contributed by atoms with Crippen LogP contribution in [-0.2, 0) is 12.8 Å². The van der Waals surface area contributed by atoms with Crippen molar-refractivity contribution in [3.8, 4) is 5.69 Å². The van der Waals surface area contributed by atoms with Gasteiger partial charge in [-0.15, -0.1) is 12.4 Å². The van der Waals surface area contributed by atoms with E-state index in [9.17, 15) is 4.79 Å². The molecule has 2 heterocycles. The van der Waals surface area contributed by atoms with Crippen LogP contribution in [0, 0.1) is 0 Å². The molecule has 1 N–H and O–H groups in total. The standard InChI is InChI=1S/C16H17N3O.ClH/c20-15-5-1-4-14-16(15)19(10-18-14)12-6-7-13-11(9-12)3-2-8-17-13;/h6-7,9-10,17H,1-5,8H2;1H. The highest BCUT2D eigenvalue weighted by Crippen LogP contribution is 2.27. The number of imidazole rings is 1. The molecule has 0 bridgehead atoms. The van der Waals surface area contributed by atoms with Crippen LogP contribution in [0.3, 0.4) is 0 Å². The number of Topliss-reactive ketones (excluding diaryl/α,β-unsaturated/α-hetero) is 1. The van der Waals surface area contributed by atoms with Crippen molar-refractivity contribution in [3.63, 3.8) is 0 Å². The summed E-state index contributed by atoms with van der Waals surface area (Å²) in [5.41, 5.74) is 5.35. The van der Waals surface area contributed by atoms with Gasteiger partial charge in [-0.2, -0.15) is 0 Å². The monoisotopic (exact) mass is 303 g/mol. The normalized spacial score (nSPS) is 16.5. The predicted molar refractivity (Wildman–Crippen MR) is 84.9 cm³/mol. The van der Waals surface area contributed by atoms with Crippen LogP contribution in [0.1, 0.15) is 41.0 Å². The van der Waals surface area contributed by atoms with Gasteiger partial charge in [0.2, 0.25) is 0 Å². The van der Waals surface area contributed by atoms with Crippen molar-refractivity contribution < 1.29 is 4.79 Å². The number of hydrogen-bond acceptors (Lipinski definition) is 3. The average molecular weight is 304 g/mol. The van der Waals surface area contributed by atoms with Gasteiger partial charge in [0.1, 0.15) is 12.0 Å². The van der Waals surface area contributed by atoms with Crippen molar-refractivity contribution in [2.45, 2.75) is 32.1 Å². The molecule has 1 aromatic heterocycles. The second-order valence-electron chi connectivity index (χ2n) is 5.56. The molecule has 1 aliphatic carbocycles. The van der Waals surface area contributed by atoms with E-state index in [0.717, 1.165) is 49.3 Å². The first-order valence-corrected chi connectivity index (χ1v) is 7.29. The first-order valence-electron chi connectivity index (χ1n) is 7.29. The zero-order chi connectivity index (χ0) is 13.5. The van der Waals surface area contributed by atoms with Gasteiger partial charge in [-0.1, -0.05) is 0 Å². The molecule has 0 fully saturated rings. The van der Waals surface area contributed by atoms with E-state index in [1.807, 2.05) is 4.57 Å². The molecule has 1 aliphatic heterocycles. The van der Waals surface area contributed by atoms with Gasteiger partial charge < -0.3 is 5.32 Å². The maximum absolute atomic E-state index is 12.2. The second kappa shape index (κ2) is 5.53. The quantitative estimate of drug-likeness (QED) is 0.880. The summed E-state index contributed by atoms with van der Waals surface area (Å²) in [7, 11) is 0. The van der Waals surface area contributed by atoms with Crippen LogP contribution in [0.4, 0.5) is 5.69 Å². The summed E-state index contributed by atoms with van der Waals surface area (Å²) in [4.78, 5) is 16.6. The number of carbonyl (C=O) groups is 1. The molecule has 4 nitrogen and oxygen atoms in total. The number of nitrogens with zero attached hydrogens (tertiary/aromatic N) is 2. The van der Waals surface area contributed by atoms with Gasteiger partial charge in [-0.05, 0) is 49.4 Å². The van der Waals surface area contributed by atoms with E-state index in [1.165, 1.54) is 11.3 Å². The van der Waals surface area contributed by atoms with Gasteiger partial charge in [-0.3, -0.25) is 9.36 Å². The van der Waals surface area contributed by atoms with Crippen molar-refractivity contribution in [1.82, 2.24) is 9.55 Å². The van der Waals surface area contributed by atoms with Crippen LogP contribution in [-0.4, -0.2) is 21.9 Å². The third-order valence-corrected chi connectivity index (χ3v) is 4.23. The Balaban J connectivity index is 0.00000132. The Morgan fingerprint density at radius 3 is 2.95 bits per heavy atom. The summed E-state index contributed by atoms with van der Waals surface area (Å²) in [5.74, 6) is 0.222. The molecule has 0 radical (unpaired) electrons. The van der Waals surface area contributed by atoms with E-state index in [4.69, 9.17) is 0 Å². The summed E-state index contributed by atoms with van der Waals surface area (Å²) in [6, 6.07) is 6.37. The number of nitrogens with one attached hydrogen (secondary N) is 1. The van der Waals surface area contributed by atoms with Gasteiger partial charge in [0.05, 0.1) is 5.69 Å². The van der Waals surface area contributed by atoms with Crippen LogP contribution in [0.5, 0.6) is 0 Å². The molecular weight excluding hydrogens is 286 g/mol. The van der Waals surface area contributed by atoms with Crippen molar-refractivity contribution in [2.24, 2.45) is 0 Å². The Bertz CT molecular complexity index is 693. The molecule has 21 heavy (non-hydrogen) atoms. The van der Waals surface area contributed by atoms with Crippen LogP contribution < -0.4 is 5.32 Å². The largest absolute Gasteiger partial charge is 0.385 e. The lowest BCUT2D eigenvalue weighted by Crippen LogP contribution is -2.15. The first kappa shape index (κ1) is 14.1. The zero-order valence-corrected chi connectivity index (χ0v) is 12.6. The van der Waals surface area contributed by atoms with Crippen LogP contribution >= 0.6 is 12.4 Å². The predicted octanol–water partition coefficient (Wildman–Crippen LogP) is 3.17. The molecule has 0 amide bonds. The van der Waals surface area contributed by atoms with E-state index < -0.39 is 0 Å². The molecule has 0 saturated heterocycles. The lowest BCUT2D eigenvalue weighted by Gasteiger charge is -2.19. The molecule has 0 saturated carbocycles. The summed E-state index contributed by atoms with van der Waals surface area (Å²) >= 11 is 0. The Hall–Kier alpha value is -1.81. The van der Waals surface area contributed by atoms with Gasteiger partial charge in [0, 0.05) is 24.3 Å². The molecule has 110 valence electrons. The van der Waals surface area contributed by atoms with Crippen molar-refractivity contribution in [3.05, 3.63) is 41.5 Å². The van der Waals surface area contributed by atoms with Crippen LogP contribution in [0.15, 0.2) is 24.5 Å². The van der Waals surface area contributed by atoms with Crippen LogP contribution in [0.2, 0.25) is 0 Å². The number of hydrogen-bond donors (Lipinski definition) is 1. The van der Waals surface area contributed by atoms with E-state index >= 15 is 0 Å². The number of aromatic nitrogens is 2. The molecular formula is C16H18ClN3O. The topological polar surface area (TPSA) is 46.9 Å². The molecule has 4 rings (SSSR count). The SMILES string of the molecule is Cl.O=C1CCCc2ncn(-c3ccc4c(c3)CCCN4)c21.